The van der Waals surface area contributed by atoms with E-state index < -0.39 is 0 Å². The summed E-state index contributed by atoms with van der Waals surface area (Å²) >= 11 is 1.80. The summed E-state index contributed by atoms with van der Waals surface area (Å²) in [4.78, 5) is 10.7. The molecule has 0 saturated carbocycles. The van der Waals surface area contributed by atoms with Crippen LogP contribution in [0.1, 0.15) is 30.3 Å². The monoisotopic (exact) mass is 296 g/mol. The van der Waals surface area contributed by atoms with Gasteiger partial charge in [0.15, 0.2) is 0 Å². The van der Waals surface area contributed by atoms with Crippen molar-refractivity contribution in [2.24, 2.45) is 0 Å². The maximum absolute atomic E-state index is 4.68. The number of aryl methyl sites for hydroxylation is 3. The summed E-state index contributed by atoms with van der Waals surface area (Å²) in [5, 5.41) is 0. The van der Waals surface area contributed by atoms with E-state index in [-0.39, 0.29) is 0 Å². The highest BCUT2D eigenvalue weighted by molar-refractivity contribution is 7.18. The van der Waals surface area contributed by atoms with E-state index in [0.29, 0.717) is 0 Å². The largest absolute Gasteiger partial charge is 0.341 e. The van der Waals surface area contributed by atoms with Crippen molar-refractivity contribution in [3.05, 3.63) is 53.3 Å². The van der Waals surface area contributed by atoms with E-state index in [4.69, 9.17) is 0 Å². The van der Waals surface area contributed by atoms with Crippen LogP contribution < -0.4 is 0 Å². The third kappa shape index (κ3) is 2.79. The lowest BCUT2D eigenvalue weighted by Crippen LogP contribution is -1.85. The lowest BCUT2D eigenvalue weighted by Gasteiger charge is -2.01. The number of imidazole rings is 1. The molecule has 0 saturated heterocycles. The predicted octanol–water partition coefficient (Wildman–Crippen LogP) is 5.37. The normalized spacial score (nSPS) is 11.0. The highest BCUT2D eigenvalue weighted by Crippen LogP contribution is 2.35. The highest BCUT2D eigenvalue weighted by Gasteiger charge is 2.11. The molecule has 0 aliphatic heterocycles. The van der Waals surface area contributed by atoms with Crippen molar-refractivity contribution in [1.29, 1.82) is 0 Å². The third-order valence-corrected chi connectivity index (χ3v) is 4.86. The van der Waals surface area contributed by atoms with Gasteiger partial charge in [-0.1, -0.05) is 37.6 Å². The molecule has 0 aliphatic rings. The van der Waals surface area contributed by atoms with Gasteiger partial charge in [0.2, 0.25) is 0 Å². The lowest BCUT2D eigenvalue weighted by atomic mass is 10.1. The molecule has 0 bridgehead atoms. The summed E-state index contributed by atoms with van der Waals surface area (Å²) < 4.78 is 0. The average molecular weight is 296 g/mol. The summed E-state index contributed by atoms with van der Waals surface area (Å²) in [6.45, 7) is 6.44. The summed E-state index contributed by atoms with van der Waals surface area (Å²) in [5.74, 6) is 1.00. The molecule has 0 atom stereocenters. The standard InChI is InChI=1S/C18H20N2S/c1-4-7-15-13(3)19-18(20-15)17-11-10-16(21-17)14-9-6-5-8-12(14)2/h5-6,8-11H,4,7H2,1-3H3,(H,19,20). The Hall–Kier alpha value is -1.87. The molecule has 1 aromatic carbocycles. The smallest absolute Gasteiger partial charge is 0.147 e. The van der Waals surface area contributed by atoms with Crippen molar-refractivity contribution in [2.45, 2.75) is 33.6 Å². The van der Waals surface area contributed by atoms with E-state index >= 15 is 0 Å². The molecule has 0 amide bonds. The quantitative estimate of drug-likeness (QED) is 0.688. The average Bonchev–Trinajstić information content (AvgIpc) is 3.08. The van der Waals surface area contributed by atoms with Gasteiger partial charge in [0, 0.05) is 10.6 Å². The number of benzene rings is 1. The van der Waals surface area contributed by atoms with Gasteiger partial charge in [0.25, 0.3) is 0 Å². The van der Waals surface area contributed by atoms with Crippen LogP contribution in [0.5, 0.6) is 0 Å². The van der Waals surface area contributed by atoms with Gasteiger partial charge in [-0.3, -0.25) is 0 Å². The van der Waals surface area contributed by atoms with Gasteiger partial charge in [-0.25, -0.2) is 4.98 Å². The Labute approximate surface area is 129 Å². The third-order valence-electron chi connectivity index (χ3n) is 3.74. The Bertz CT molecular complexity index is 752. The van der Waals surface area contributed by atoms with Crippen LogP contribution in [0.15, 0.2) is 36.4 Å². The van der Waals surface area contributed by atoms with Gasteiger partial charge in [-0.15, -0.1) is 11.3 Å². The molecule has 2 heterocycles. The molecule has 3 heteroatoms. The van der Waals surface area contributed by atoms with Crippen LogP contribution in [0, 0.1) is 13.8 Å². The van der Waals surface area contributed by atoms with Crippen LogP contribution >= 0.6 is 11.3 Å². The maximum atomic E-state index is 4.68. The Morgan fingerprint density at radius 3 is 2.57 bits per heavy atom. The van der Waals surface area contributed by atoms with Crippen LogP contribution in [-0.4, -0.2) is 9.97 Å². The second-order valence-corrected chi connectivity index (χ2v) is 6.46. The molecular formula is C18H20N2S. The van der Waals surface area contributed by atoms with Crippen LogP contribution in [0.3, 0.4) is 0 Å². The van der Waals surface area contributed by atoms with Crippen LogP contribution in [-0.2, 0) is 6.42 Å². The van der Waals surface area contributed by atoms with Crippen LogP contribution in [0.25, 0.3) is 21.1 Å². The van der Waals surface area contributed by atoms with Crippen LogP contribution in [0.4, 0.5) is 0 Å². The number of nitrogens with one attached hydrogen (secondary N) is 1. The molecule has 0 unspecified atom stereocenters. The number of hydrogen-bond donors (Lipinski definition) is 1. The molecule has 21 heavy (non-hydrogen) atoms. The van der Waals surface area contributed by atoms with Gasteiger partial charge < -0.3 is 4.98 Å². The lowest BCUT2D eigenvalue weighted by molar-refractivity contribution is 0.883. The molecule has 3 aromatic rings. The Kier molecular flexibility index (Phi) is 3.93. The molecule has 0 aliphatic carbocycles. The van der Waals surface area contributed by atoms with Crippen LogP contribution in [0.2, 0.25) is 0 Å². The number of aromatic nitrogens is 2. The van der Waals surface area contributed by atoms with Gasteiger partial charge in [0.1, 0.15) is 5.82 Å². The number of rotatable bonds is 4. The van der Waals surface area contributed by atoms with Crippen molar-refractivity contribution in [3.63, 3.8) is 0 Å². The Morgan fingerprint density at radius 1 is 1.05 bits per heavy atom. The summed E-state index contributed by atoms with van der Waals surface area (Å²) in [6.07, 6.45) is 2.20. The first kappa shape index (κ1) is 14.1. The van der Waals surface area contributed by atoms with E-state index in [0.717, 1.165) is 24.4 Å². The second kappa shape index (κ2) is 5.86. The van der Waals surface area contributed by atoms with Crippen molar-refractivity contribution in [2.75, 3.05) is 0 Å². The number of nitrogens with zero attached hydrogens (tertiary/aromatic N) is 1. The zero-order valence-corrected chi connectivity index (χ0v) is 13.6. The fourth-order valence-corrected chi connectivity index (χ4v) is 3.61. The zero-order valence-electron chi connectivity index (χ0n) is 12.7. The van der Waals surface area contributed by atoms with E-state index in [1.54, 1.807) is 11.3 Å². The fraction of sp³-hybridized carbons (Fsp3) is 0.278. The van der Waals surface area contributed by atoms with Crippen molar-refractivity contribution < 1.29 is 0 Å². The number of aromatic amines is 1. The molecule has 0 fully saturated rings. The SMILES string of the molecule is CCCc1[nH]c(-c2ccc(-c3ccccc3C)s2)nc1C. The van der Waals surface area contributed by atoms with Crippen molar-refractivity contribution >= 4 is 11.3 Å². The number of thiophene rings is 1. The van der Waals surface area contributed by atoms with Gasteiger partial charge in [-0.05, 0) is 43.5 Å². The Balaban J connectivity index is 1.95. The first-order valence-corrected chi connectivity index (χ1v) is 8.22. The van der Waals surface area contributed by atoms with E-state index in [2.05, 4.69) is 67.1 Å². The topological polar surface area (TPSA) is 28.7 Å². The molecule has 2 aromatic heterocycles. The van der Waals surface area contributed by atoms with Crippen molar-refractivity contribution in [1.82, 2.24) is 9.97 Å². The van der Waals surface area contributed by atoms with E-state index in [1.165, 1.54) is 26.6 Å². The maximum Gasteiger partial charge on any atom is 0.147 e. The second-order valence-electron chi connectivity index (χ2n) is 5.38. The highest BCUT2D eigenvalue weighted by atomic mass is 32.1. The minimum atomic E-state index is 1.00. The predicted molar refractivity (Wildman–Crippen MR) is 90.8 cm³/mol. The Morgan fingerprint density at radius 2 is 1.81 bits per heavy atom. The van der Waals surface area contributed by atoms with Gasteiger partial charge in [0.05, 0.1) is 10.6 Å². The van der Waals surface area contributed by atoms with E-state index in [9.17, 15) is 0 Å². The molecule has 108 valence electrons. The van der Waals surface area contributed by atoms with Crippen molar-refractivity contribution in [3.8, 4) is 21.1 Å². The molecule has 0 radical (unpaired) electrons. The van der Waals surface area contributed by atoms with E-state index in [1.807, 2.05) is 0 Å². The zero-order chi connectivity index (χ0) is 14.8. The first-order valence-electron chi connectivity index (χ1n) is 7.40. The fourth-order valence-electron chi connectivity index (χ4n) is 2.57. The first-order chi connectivity index (χ1) is 10.2. The summed E-state index contributed by atoms with van der Waals surface area (Å²) in [6, 6.07) is 12.9. The summed E-state index contributed by atoms with van der Waals surface area (Å²) in [7, 11) is 0. The van der Waals surface area contributed by atoms with Gasteiger partial charge in [-0.2, -0.15) is 0 Å². The number of H-pyrrole nitrogens is 1. The van der Waals surface area contributed by atoms with Gasteiger partial charge >= 0.3 is 0 Å². The minimum absolute atomic E-state index is 1.00. The molecular weight excluding hydrogens is 276 g/mol. The molecule has 1 N–H and O–H groups in total. The summed E-state index contributed by atoms with van der Waals surface area (Å²) in [5.41, 5.74) is 5.01. The molecule has 3 rings (SSSR count). The minimum Gasteiger partial charge on any atom is -0.341 e. The molecule has 2 nitrogen and oxygen atoms in total. The number of hydrogen-bond acceptors (Lipinski definition) is 2. The molecule has 0 spiro atoms.